The van der Waals surface area contributed by atoms with Gasteiger partial charge >= 0.3 is 11.7 Å². The number of nitro groups is 1. The van der Waals surface area contributed by atoms with Gasteiger partial charge in [0.05, 0.1) is 30.8 Å². The lowest BCUT2D eigenvalue weighted by Crippen LogP contribution is -2.50. The van der Waals surface area contributed by atoms with Crippen LogP contribution in [0.5, 0.6) is 11.5 Å². The maximum Gasteiger partial charge on any atom is 0.314 e. The molecule has 1 aliphatic heterocycles. The van der Waals surface area contributed by atoms with Crippen LogP contribution in [0.4, 0.5) is 5.69 Å². The largest absolute Gasteiger partial charge is 0.496 e. The zero-order chi connectivity index (χ0) is 25.4. The third-order valence-electron chi connectivity index (χ3n) is 5.61. The Labute approximate surface area is 203 Å². The molecule has 0 saturated carbocycles. The van der Waals surface area contributed by atoms with Crippen LogP contribution in [0.1, 0.15) is 44.8 Å². The number of hydrogen-bond donors (Lipinski definition) is 1. The number of rotatable bonds is 11. The number of aliphatic carboxylic acids is 1. The first-order valence-electron chi connectivity index (χ1n) is 11.3. The van der Waals surface area contributed by atoms with Gasteiger partial charge in [-0.1, -0.05) is 18.2 Å². The van der Waals surface area contributed by atoms with E-state index in [0.717, 1.165) is 5.56 Å². The monoisotopic (exact) mass is 486 g/mol. The SMILES string of the molecule is COc1ccc(OC(C)(C)C2OCC(C/C=C\CCC(=O)O)C(c3cccnc3)O2)c([N+](=O)[O-])c1. The molecule has 10 nitrogen and oxygen atoms in total. The van der Waals surface area contributed by atoms with E-state index in [1.807, 2.05) is 24.3 Å². The second kappa shape index (κ2) is 11.8. The van der Waals surface area contributed by atoms with Gasteiger partial charge in [0.25, 0.3) is 0 Å². The summed E-state index contributed by atoms with van der Waals surface area (Å²) in [5, 5.41) is 20.4. The zero-order valence-electron chi connectivity index (χ0n) is 20.0. The smallest absolute Gasteiger partial charge is 0.314 e. The normalized spacial score (nSPS) is 20.5. The Kier molecular flexibility index (Phi) is 8.78. The number of pyridine rings is 1. The van der Waals surface area contributed by atoms with Gasteiger partial charge in [-0.15, -0.1) is 0 Å². The van der Waals surface area contributed by atoms with E-state index in [4.69, 9.17) is 24.1 Å². The van der Waals surface area contributed by atoms with Gasteiger partial charge in [0.1, 0.15) is 5.75 Å². The number of benzene rings is 1. The Hall–Kier alpha value is -3.50. The predicted molar refractivity (Wildman–Crippen MR) is 126 cm³/mol. The third kappa shape index (κ3) is 7.00. The minimum absolute atomic E-state index is 0.0392. The molecule has 0 bridgehead atoms. The topological polar surface area (TPSA) is 130 Å². The van der Waals surface area contributed by atoms with Crippen molar-refractivity contribution in [3.8, 4) is 11.5 Å². The molecule has 1 aromatic heterocycles. The lowest BCUT2D eigenvalue weighted by molar-refractivity contribution is -0.386. The van der Waals surface area contributed by atoms with Gasteiger partial charge in [-0.3, -0.25) is 19.9 Å². The van der Waals surface area contributed by atoms with E-state index in [2.05, 4.69) is 4.98 Å². The molecule has 2 aromatic rings. The van der Waals surface area contributed by atoms with Crippen LogP contribution in [0.3, 0.4) is 0 Å². The summed E-state index contributed by atoms with van der Waals surface area (Å²) in [6.07, 6.45) is 7.16. The highest BCUT2D eigenvalue weighted by molar-refractivity contribution is 5.66. The van der Waals surface area contributed by atoms with E-state index >= 15 is 0 Å². The highest BCUT2D eigenvalue weighted by atomic mass is 16.7. The van der Waals surface area contributed by atoms with Crippen LogP contribution in [-0.2, 0) is 14.3 Å². The molecule has 3 unspecified atom stereocenters. The molecule has 1 aromatic carbocycles. The van der Waals surface area contributed by atoms with Gasteiger partial charge in [-0.05, 0) is 50.5 Å². The Morgan fingerprint density at radius 1 is 1.34 bits per heavy atom. The second-order valence-electron chi connectivity index (χ2n) is 8.70. The maximum absolute atomic E-state index is 11.6. The average Bonchev–Trinajstić information content (AvgIpc) is 2.84. The molecule has 0 aliphatic carbocycles. The number of nitro benzene ring substituents is 1. The van der Waals surface area contributed by atoms with Crippen LogP contribution in [0.15, 0.2) is 54.9 Å². The maximum atomic E-state index is 11.6. The third-order valence-corrected chi connectivity index (χ3v) is 5.61. The van der Waals surface area contributed by atoms with Crippen molar-refractivity contribution in [2.45, 2.75) is 51.1 Å². The molecule has 0 spiro atoms. The fourth-order valence-corrected chi connectivity index (χ4v) is 3.81. The number of nitrogens with zero attached hydrogens (tertiary/aromatic N) is 2. The Morgan fingerprint density at radius 3 is 2.80 bits per heavy atom. The van der Waals surface area contributed by atoms with Crippen molar-refractivity contribution in [1.82, 2.24) is 4.98 Å². The minimum Gasteiger partial charge on any atom is -0.496 e. The lowest BCUT2D eigenvalue weighted by atomic mass is 9.92. The van der Waals surface area contributed by atoms with Crippen LogP contribution in [-0.4, -0.2) is 46.6 Å². The minimum atomic E-state index is -1.07. The summed E-state index contributed by atoms with van der Waals surface area (Å²) < 4.78 is 23.5. The molecule has 0 radical (unpaired) electrons. The van der Waals surface area contributed by atoms with Gasteiger partial charge in [0, 0.05) is 24.7 Å². The second-order valence-corrected chi connectivity index (χ2v) is 8.70. The Morgan fingerprint density at radius 2 is 2.14 bits per heavy atom. The van der Waals surface area contributed by atoms with E-state index in [1.165, 1.54) is 19.2 Å². The molecule has 1 saturated heterocycles. The molecule has 3 atom stereocenters. The van der Waals surface area contributed by atoms with Crippen molar-refractivity contribution < 1.29 is 33.8 Å². The molecule has 10 heteroatoms. The van der Waals surface area contributed by atoms with E-state index in [1.54, 1.807) is 32.3 Å². The molecule has 1 aliphatic rings. The molecule has 3 rings (SSSR count). The van der Waals surface area contributed by atoms with Crippen molar-refractivity contribution >= 4 is 11.7 Å². The van der Waals surface area contributed by atoms with Crippen molar-refractivity contribution in [2.75, 3.05) is 13.7 Å². The summed E-state index contributed by atoms with van der Waals surface area (Å²) in [6, 6.07) is 8.13. The lowest BCUT2D eigenvalue weighted by Gasteiger charge is -2.42. The standard InChI is InChI=1S/C25H30N2O8/c1-25(2,35-21-12-11-19(32-3)14-20(21)27(30)31)24-33-16-18(8-5-4-6-10-22(28)29)23(34-24)17-9-7-13-26-15-17/h4-5,7,9,11-15,18,23-24H,6,8,10,16H2,1-3H3,(H,28,29)/b5-4-. The van der Waals surface area contributed by atoms with Crippen LogP contribution in [0, 0.1) is 16.0 Å². The summed E-state index contributed by atoms with van der Waals surface area (Å²) in [7, 11) is 1.43. The van der Waals surface area contributed by atoms with Crippen LogP contribution >= 0.6 is 0 Å². The number of carbonyl (C=O) groups is 1. The first kappa shape index (κ1) is 26.1. The van der Waals surface area contributed by atoms with E-state index in [9.17, 15) is 14.9 Å². The first-order chi connectivity index (χ1) is 16.7. The number of carboxylic acid groups (broad SMARTS) is 1. The fraction of sp³-hybridized carbons (Fsp3) is 0.440. The molecular formula is C25H30N2O8. The molecular weight excluding hydrogens is 456 g/mol. The Balaban J connectivity index is 1.77. The van der Waals surface area contributed by atoms with E-state index in [0.29, 0.717) is 25.2 Å². The van der Waals surface area contributed by atoms with E-state index < -0.39 is 22.8 Å². The first-order valence-corrected chi connectivity index (χ1v) is 11.3. The summed E-state index contributed by atoms with van der Waals surface area (Å²) in [5.74, 6) is -0.450. The van der Waals surface area contributed by atoms with Crippen LogP contribution < -0.4 is 9.47 Å². The number of methoxy groups -OCH3 is 1. The number of carboxylic acids is 1. The van der Waals surface area contributed by atoms with Crippen molar-refractivity contribution in [2.24, 2.45) is 5.92 Å². The number of ether oxygens (including phenoxy) is 4. The zero-order valence-corrected chi connectivity index (χ0v) is 20.0. The van der Waals surface area contributed by atoms with E-state index in [-0.39, 0.29) is 29.9 Å². The number of allylic oxidation sites excluding steroid dienone is 2. The van der Waals surface area contributed by atoms with Gasteiger partial charge < -0.3 is 24.1 Å². The quantitative estimate of drug-likeness (QED) is 0.273. The molecule has 2 heterocycles. The summed E-state index contributed by atoms with van der Waals surface area (Å²) in [5.41, 5.74) is -0.417. The molecule has 35 heavy (non-hydrogen) atoms. The summed E-state index contributed by atoms with van der Waals surface area (Å²) in [6.45, 7) is 3.85. The molecule has 188 valence electrons. The molecule has 1 N–H and O–H groups in total. The number of hydrogen-bond acceptors (Lipinski definition) is 8. The highest BCUT2D eigenvalue weighted by Crippen LogP contribution is 2.40. The fourth-order valence-electron chi connectivity index (χ4n) is 3.81. The predicted octanol–water partition coefficient (Wildman–Crippen LogP) is 4.70. The van der Waals surface area contributed by atoms with Gasteiger partial charge in [0.2, 0.25) is 0 Å². The van der Waals surface area contributed by atoms with Crippen LogP contribution in [0.25, 0.3) is 0 Å². The van der Waals surface area contributed by atoms with Gasteiger partial charge in [-0.25, -0.2) is 0 Å². The molecule has 0 amide bonds. The summed E-state index contributed by atoms with van der Waals surface area (Å²) >= 11 is 0. The summed E-state index contributed by atoms with van der Waals surface area (Å²) in [4.78, 5) is 26.0. The highest BCUT2D eigenvalue weighted by Gasteiger charge is 2.43. The van der Waals surface area contributed by atoms with Crippen molar-refractivity contribution in [1.29, 1.82) is 0 Å². The van der Waals surface area contributed by atoms with Gasteiger partial charge in [0.15, 0.2) is 17.6 Å². The van der Waals surface area contributed by atoms with Gasteiger partial charge in [-0.2, -0.15) is 0 Å². The number of aromatic nitrogens is 1. The Bertz CT molecular complexity index is 1040. The van der Waals surface area contributed by atoms with Crippen molar-refractivity contribution in [3.63, 3.8) is 0 Å². The van der Waals surface area contributed by atoms with Crippen molar-refractivity contribution in [3.05, 3.63) is 70.6 Å². The van der Waals surface area contributed by atoms with Crippen LogP contribution in [0.2, 0.25) is 0 Å². The molecule has 1 fully saturated rings. The average molecular weight is 487 g/mol.